The number of rotatable bonds is 1. The van der Waals surface area contributed by atoms with E-state index in [1.54, 1.807) is 5.56 Å². The molecule has 2 aliphatic rings. The summed E-state index contributed by atoms with van der Waals surface area (Å²) in [7, 11) is 2.31. The van der Waals surface area contributed by atoms with Gasteiger partial charge in [0.15, 0.2) is 7.98 Å². The number of hydrogen-bond donors (Lipinski definition) is 0. The van der Waals surface area contributed by atoms with Gasteiger partial charge in [-0.15, -0.1) is 0 Å². The third-order valence-corrected chi connectivity index (χ3v) is 6.29. The SMILES string of the molecule is BN1CC(C)C2C(c3ccccc3N2CC)C(C)CC1(C)C. The van der Waals surface area contributed by atoms with Crippen molar-refractivity contribution in [2.24, 2.45) is 11.8 Å². The topological polar surface area (TPSA) is 6.48 Å². The number of benzene rings is 1. The second-order valence-electron chi connectivity index (χ2n) is 8.21. The lowest BCUT2D eigenvalue weighted by molar-refractivity contribution is 0.121. The molecule has 1 aromatic carbocycles. The largest absolute Gasteiger partial charge is 0.368 e. The van der Waals surface area contributed by atoms with E-state index in [1.165, 1.54) is 18.7 Å². The Bertz CT molecular complexity index is 542. The van der Waals surface area contributed by atoms with Gasteiger partial charge in [-0.05, 0) is 57.2 Å². The van der Waals surface area contributed by atoms with Crippen LogP contribution >= 0.6 is 0 Å². The van der Waals surface area contributed by atoms with Crippen LogP contribution in [0.25, 0.3) is 0 Å². The highest BCUT2D eigenvalue weighted by atomic mass is 15.2. The molecule has 3 heteroatoms. The van der Waals surface area contributed by atoms with Gasteiger partial charge >= 0.3 is 0 Å². The Balaban J connectivity index is 2.06. The van der Waals surface area contributed by atoms with E-state index < -0.39 is 0 Å². The van der Waals surface area contributed by atoms with Gasteiger partial charge in [0.25, 0.3) is 0 Å². The van der Waals surface area contributed by atoms with Gasteiger partial charge in [0.2, 0.25) is 0 Å². The minimum Gasteiger partial charge on any atom is -0.368 e. The molecule has 0 aromatic heterocycles. The first-order valence-electron chi connectivity index (χ1n) is 8.93. The smallest absolute Gasteiger partial charge is 0.186 e. The fourth-order valence-electron chi connectivity index (χ4n) is 5.11. The molecule has 2 aliphatic heterocycles. The second-order valence-corrected chi connectivity index (χ2v) is 8.21. The summed E-state index contributed by atoms with van der Waals surface area (Å²) >= 11 is 0. The van der Waals surface area contributed by atoms with Crippen molar-refractivity contribution in [3.05, 3.63) is 29.8 Å². The maximum absolute atomic E-state index is 2.67. The normalized spacial score (nSPS) is 34.7. The summed E-state index contributed by atoms with van der Waals surface area (Å²) in [5.41, 5.74) is 3.36. The number of anilines is 1. The van der Waals surface area contributed by atoms with Crippen molar-refractivity contribution in [2.45, 2.75) is 58.5 Å². The minimum absolute atomic E-state index is 0.285. The molecule has 0 saturated carbocycles. The van der Waals surface area contributed by atoms with Gasteiger partial charge < -0.3 is 9.71 Å². The first-order chi connectivity index (χ1) is 10.4. The summed E-state index contributed by atoms with van der Waals surface area (Å²) < 4.78 is 0. The number of hydrogen-bond acceptors (Lipinski definition) is 2. The van der Waals surface area contributed by atoms with Gasteiger partial charge in [-0.2, -0.15) is 0 Å². The maximum atomic E-state index is 2.67. The molecule has 3 rings (SSSR count). The van der Waals surface area contributed by atoms with Crippen LogP contribution in [-0.2, 0) is 0 Å². The first kappa shape index (κ1) is 15.9. The fourth-order valence-corrected chi connectivity index (χ4v) is 5.11. The molecule has 2 nitrogen and oxygen atoms in total. The van der Waals surface area contributed by atoms with Gasteiger partial charge in [0.1, 0.15) is 0 Å². The van der Waals surface area contributed by atoms with Crippen LogP contribution in [-0.4, -0.2) is 37.5 Å². The Kier molecular flexibility index (Phi) is 4.05. The molecule has 1 aromatic rings. The molecule has 120 valence electrons. The van der Waals surface area contributed by atoms with Crippen LogP contribution < -0.4 is 4.90 Å². The third-order valence-electron chi connectivity index (χ3n) is 6.29. The molecular formula is C19H31BN2. The van der Waals surface area contributed by atoms with Crippen LogP contribution in [0.3, 0.4) is 0 Å². The molecule has 1 fully saturated rings. The molecule has 1 saturated heterocycles. The van der Waals surface area contributed by atoms with E-state index in [0.29, 0.717) is 23.8 Å². The van der Waals surface area contributed by atoms with Crippen molar-refractivity contribution in [1.29, 1.82) is 0 Å². The molecule has 22 heavy (non-hydrogen) atoms. The van der Waals surface area contributed by atoms with Gasteiger partial charge in [-0.25, -0.2) is 0 Å². The maximum Gasteiger partial charge on any atom is 0.186 e. The number of nitrogens with zero attached hydrogens (tertiary/aromatic N) is 2. The zero-order valence-electron chi connectivity index (χ0n) is 15.1. The van der Waals surface area contributed by atoms with Crippen LogP contribution in [0.2, 0.25) is 0 Å². The number of para-hydroxylation sites is 1. The highest BCUT2D eigenvalue weighted by molar-refractivity contribution is 6.04. The predicted octanol–water partition coefficient (Wildman–Crippen LogP) is 3.28. The van der Waals surface area contributed by atoms with Crippen molar-refractivity contribution in [2.75, 3.05) is 18.0 Å². The van der Waals surface area contributed by atoms with Crippen molar-refractivity contribution < 1.29 is 0 Å². The van der Waals surface area contributed by atoms with E-state index in [4.69, 9.17) is 0 Å². The molecule has 0 amide bonds. The Morgan fingerprint density at radius 1 is 1.18 bits per heavy atom. The van der Waals surface area contributed by atoms with Crippen molar-refractivity contribution in [3.8, 4) is 0 Å². The van der Waals surface area contributed by atoms with E-state index in [-0.39, 0.29) is 5.54 Å². The third kappa shape index (κ3) is 2.38. The van der Waals surface area contributed by atoms with Gasteiger partial charge in [0.05, 0.1) is 0 Å². The zero-order valence-corrected chi connectivity index (χ0v) is 15.1. The van der Waals surface area contributed by atoms with Gasteiger partial charge in [-0.1, -0.05) is 32.0 Å². The Labute approximate surface area is 137 Å². The molecule has 0 aliphatic carbocycles. The molecule has 0 spiro atoms. The van der Waals surface area contributed by atoms with E-state index in [2.05, 4.69) is 76.6 Å². The lowest BCUT2D eigenvalue weighted by Gasteiger charge is -2.47. The lowest BCUT2D eigenvalue weighted by Crippen LogP contribution is -2.53. The van der Waals surface area contributed by atoms with E-state index in [1.807, 2.05) is 0 Å². The standard InChI is InChI=1S/C19H31BN2/c1-6-21-16-10-8-7-9-15(16)17-13(2)11-19(4,5)22(20)12-14(3)18(17)21/h7-10,13-14,17-18H,6,11-12,20H2,1-5H3. The van der Waals surface area contributed by atoms with Crippen molar-refractivity contribution >= 4 is 13.7 Å². The minimum atomic E-state index is 0.285. The van der Waals surface area contributed by atoms with E-state index in [0.717, 1.165) is 6.54 Å². The molecular weight excluding hydrogens is 267 g/mol. The average molecular weight is 298 g/mol. The summed E-state index contributed by atoms with van der Waals surface area (Å²) in [6.45, 7) is 14.4. The molecule has 0 bridgehead atoms. The predicted molar refractivity (Wildman–Crippen MR) is 98.3 cm³/mol. The van der Waals surface area contributed by atoms with Crippen LogP contribution in [0.15, 0.2) is 24.3 Å². The summed E-state index contributed by atoms with van der Waals surface area (Å²) in [6.07, 6.45) is 1.27. The quantitative estimate of drug-likeness (QED) is 0.734. The molecule has 4 unspecified atom stereocenters. The second kappa shape index (κ2) is 5.60. The van der Waals surface area contributed by atoms with Gasteiger partial charge in [-0.3, -0.25) is 0 Å². The summed E-state index contributed by atoms with van der Waals surface area (Å²) in [4.78, 5) is 5.26. The highest BCUT2D eigenvalue weighted by Gasteiger charge is 2.46. The lowest BCUT2D eigenvalue weighted by atomic mass is 9.71. The summed E-state index contributed by atoms with van der Waals surface area (Å²) in [5, 5.41) is 0. The molecule has 0 radical (unpaired) electrons. The van der Waals surface area contributed by atoms with Crippen LogP contribution in [0, 0.1) is 11.8 Å². The van der Waals surface area contributed by atoms with Crippen LogP contribution in [0.5, 0.6) is 0 Å². The van der Waals surface area contributed by atoms with E-state index >= 15 is 0 Å². The summed E-state index contributed by atoms with van der Waals surface area (Å²) in [6, 6.07) is 9.78. The van der Waals surface area contributed by atoms with Crippen LogP contribution in [0.1, 0.15) is 52.5 Å². The van der Waals surface area contributed by atoms with Crippen LogP contribution in [0.4, 0.5) is 5.69 Å². The molecule has 2 heterocycles. The number of likely N-dealkylation sites (N-methyl/N-ethyl adjacent to an activating group) is 1. The Morgan fingerprint density at radius 2 is 1.86 bits per heavy atom. The first-order valence-corrected chi connectivity index (χ1v) is 8.93. The fraction of sp³-hybridized carbons (Fsp3) is 0.684. The van der Waals surface area contributed by atoms with Crippen molar-refractivity contribution in [3.63, 3.8) is 0 Å². The molecule has 0 N–H and O–H groups in total. The van der Waals surface area contributed by atoms with Crippen molar-refractivity contribution in [1.82, 2.24) is 4.81 Å². The molecule has 4 atom stereocenters. The zero-order chi connectivity index (χ0) is 16.1. The highest BCUT2D eigenvalue weighted by Crippen LogP contribution is 2.50. The Hall–Kier alpha value is -0.955. The average Bonchev–Trinajstić information content (AvgIpc) is 2.80. The summed E-state index contributed by atoms with van der Waals surface area (Å²) in [5.74, 6) is 2.08. The van der Waals surface area contributed by atoms with Gasteiger partial charge in [0, 0.05) is 29.7 Å². The van der Waals surface area contributed by atoms with E-state index in [9.17, 15) is 0 Å². The number of fused-ring (bicyclic) bond motifs is 3. The monoisotopic (exact) mass is 298 g/mol. The Morgan fingerprint density at radius 3 is 2.55 bits per heavy atom.